The zero-order valence-electron chi connectivity index (χ0n) is 10.5. The Hall–Kier alpha value is -0.580. The summed E-state index contributed by atoms with van der Waals surface area (Å²) in [6.07, 6.45) is 2.32. The number of nitrogens with zero attached hydrogens (tertiary/aromatic N) is 2. The van der Waals surface area contributed by atoms with E-state index in [0.29, 0.717) is 0 Å². The highest BCUT2D eigenvalue weighted by Crippen LogP contribution is 2.19. The van der Waals surface area contributed by atoms with Gasteiger partial charge < -0.3 is 10.1 Å². The van der Waals surface area contributed by atoms with Crippen LogP contribution in [0.3, 0.4) is 0 Å². The molecular formula is C12H20ClN3O. The molecule has 0 saturated carbocycles. The molecule has 0 atom stereocenters. The van der Waals surface area contributed by atoms with E-state index in [4.69, 9.17) is 16.3 Å². The van der Waals surface area contributed by atoms with Crippen LogP contribution in [0.4, 0.5) is 0 Å². The number of halogens is 1. The fourth-order valence-electron chi connectivity index (χ4n) is 2.23. The molecule has 1 N–H and O–H groups in total. The first-order valence-electron chi connectivity index (χ1n) is 6.15. The van der Waals surface area contributed by atoms with E-state index >= 15 is 0 Å². The van der Waals surface area contributed by atoms with Gasteiger partial charge in [-0.15, -0.1) is 0 Å². The summed E-state index contributed by atoms with van der Waals surface area (Å²) >= 11 is 6.18. The summed E-state index contributed by atoms with van der Waals surface area (Å²) in [5.74, 6) is 0.736. The summed E-state index contributed by atoms with van der Waals surface area (Å²) in [6.45, 7) is 5.64. The van der Waals surface area contributed by atoms with E-state index in [1.807, 2.05) is 14.0 Å². The number of aryl methyl sites for hydroxylation is 2. The van der Waals surface area contributed by atoms with Gasteiger partial charge in [0.15, 0.2) is 0 Å². The third kappa shape index (κ3) is 3.21. The Balaban J connectivity index is 1.81. The molecule has 1 aromatic heterocycles. The second-order valence-electron chi connectivity index (χ2n) is 4.67. The fourth-order valence-corrected chi connectivity index (χ4v) is 2.47. The van der Waals surface area contributed by atoms with Gasteiger partial charge in [-0.25, -0.2) is 0 Å². The van der Waals surface area contributed by atoms with Crippen molar-refractivity contribution in [2.75, 3.05) is 19.8 Å². The van der Waals surface area contributed by atoms with Gasteiger partial charge in [0.05, 0.1) is 5.69 Å². The molecule has 1 aromatic rings. The molecule has 2 rings (SSSR count). The zero-order valence-corrected chi connectivity index (χ0v) is 11.3. The van der Waals surface area contributed by atoms with Gasteiger partial charge in [0, 0.05) is 32.4 Å². The van der Waals surface area contributed by atoms with Crippen molar-refractivity contribution in [2.45, 2.75) is 26.3 Å². The second kappa shape index (κ2) is 5.85. The predicted octanol–water partition coefficient (Wildman–Crippen LogP) is 1.90. The Kier molecular flexibility index (Phi) is 4.42. The lowest BCUT2D eigenvalue weighted by atomic mass is 10.0. The van der Waals surface area contributed by atoms with E-state index in [0.717, 1.165) is 61.5 Å². The van der Waals surface area contributed by atoms with Crippen LogP contribution >= 0.6 is 11.6 Å². The van der Waals surface area contributed by atoms with Crippen LogP contribution < -0.4 is 5.32 Å². The molecule has 4 nitrogen and oxygen atoms in total. The van der Waals surface area contributed by atoms with Crippen molar-refractivity contribution in [3.05, 3.63) is 16.4 Å². The maximum absolute atomic E-state index is 6.18. The minimum absolute atomic E-state index is 0.736. The summed E-state index contributed by atoms with van der Waals surface area (Å²) in [5, 5.41) is 8.51. The molecule has 1 saturated heterocycles. The minimum atomic E-state index is 0.736. The highest BCUT2D eigenvalue weighted by atomic mass is 35.5. The molecule has 17 heavy (non-hydrogen) atoms. The van der Waals surface area contributed by atoms with E-state index in [1.54, 1.807) is 4.68 Å². The lowest BCUT2D eigenvalue weighted by Gasteiger charge is -2.22. The number of hydrogen-bond acceptors (Lipinski definition) is 3. The van der Waals surface area contributed by atoms with Crippen LogP contribution in [0.25, 0.3) is 0 Å². The topological polar surface area (TPSA) is 39.1 Å². The molecule has 0 radical (unpaired) electrons. The minimum Gasteiger partial charge on any atom is -0.381 e. The zero-order chi connectivity index (χ0) is 12.3. The molecule has 1 aliphatic heterocycles. The Labute approximate surface area is 107 Å². The normalized spacial score (nSPS) is 17.6. The SMILES string of the molecule is Cc1nn(C)c(Cl)c1CNCC1CCOCC1. The van der Waals surface area contributed by atoms with Crippen LogP contribution in [-0.4, -0.2) is 29.5 Å². The monoisotopic (exact) mass is 257 g/mol. The van der Waals surface area contributed by atoms with Crippen molar-refractivity contribution in [2.24, 2.45) is 13.0 Å². The molecule has 0 unspecified atom stereocenters. The average Bonchev–Trinajstić information content (AvgIpc) is 2.57. The van der Waals surface area contributed by atoms with Gasteiger partial charge in [0.1, 0.15) is 5.15 Å². The van der Waals surface area contributed by atoms with Gasteiger partial charge in [0.2, 0.25) is 0 Å². The van der Waals surface area contributed by atoms with E-state index < -0.39 is 0 Å². The lowest BCUT2D eigenvalue weighted by Crippen LogP contribution is -2.27. The molecule has 0 amide bonds. The number of ether oxygens (including phenoxy) is 1. The maximum atomic E-state index is 6.18. The van der Waals surface area contributed by atoms with Crippen molar-refractivity contribution in [3.8, 4) is 0 Å². The number of hydrogen-bond donors (Lipinski definition) is 1. The van der Waals surface area contributed by atoms with Gasteiger partial charge in [0.25, 0.3) is 0 Å². The predicted molar refractivity (Wildman–Crippen MR) is 68.2 cm³/mol. The van der Waals surface area contributed by atoms with Crippen LogP contribution in [0.5, 0.6) is 0 Å². The standard InChI is InChI=1S/C12H20ClN3O/c1-9-11(12(13)16(2)15-9)8-14-7-10-3-5-17-6-4-10/h10,14H,3-8H2,1-2H3. The summed E-state index contributed by atoms with van der Waals surface area (Å²) in [5.41, 5.74) is 2.12. The third-order valence-corrected chi connectivity index (χ3v) is 3.82. The van der Waals surface area contributed by atoms with Gasteiger partial charge >= 0.3 is 0 Å². The molecule has 0 spiro atoms. The Bertz CT molecular complexity index is 372. The first-order chi connectivity index (χ1) is 8.18. The molecule has 2 heterocycles. The smallest absolute Gasteiger partial charge is 0.131 e. The second-order valence-corrected chi connectivity index (χ2v) is 5.02. The van der Waals surface area contributed by atoms with Crippen LogP contribution in [0.1, 0.15) is 24.1 Å². The van der Waals surface area contributed by atoms with Gasteiger partial charge in [-0.3, -0.25) is 4.68 Å². The third-order valence-electron chi connectivity index (χ3n) is 3.35. The van der Waals surface area contributed by atoms with E-state index in [-0.39, 0.29) is 0 Å². The first kappa shape index (κ1) is 12.9. The largest absolute Gasteiger partial charge is 0.381 e. The Morgan fingerprint density at radius 3 is 2.76 bits per heavy atom. The molecule has 1 aliphatic rings. The van der Waals surface area contributed by atoms with Crippen molar-refractivity contribution >= 4 is 11.6 Å². The fraction of sp³-hybridized carbons (Fsp3) is 0.750. The molecular weight excluding hydrogens is 238 g/mol. The summed E-state index contributed by atoms with van der Waals surface area (Å²) in [7, 11) is 1.87. The van der Waals surface area contributed by atoms with E-state index in [9.17, 15) is 0 Å². The van der Waals surface area contributed by atoms with Gasteiger partial charge in [-0.05, 0) is 32.2 Å². The molecule has 5 heteroatoms. The van der Waals surface area contributed by atoms with Crippen LogP contribution in [0.2, 0.25) is 5.15 Å². The lowest BCUT2D eigenvalue weighted by molar-refractivity contribution is 0.0662. The average molecular weight is 258 g/mol. The van der Waals surface area contributed by atoms with Crippen molar-refractivity contribution < 1.29 is 4.74 Å². The van der Waals surface area contributed by atoms with E-state index in [2.05, 4.69) is 10.4 Å². The first-order valence-corrected chi connectivity index (χ1v) is 6.52. The van der Waals surface area contributed by atoms with Crippen molar-refractivity contribution in [1.82, 2.24) is 15.1 Å². The van der Waals surface area contributed by atoms with Gasteiger partial charge in [-0.1, -0.05) is 11.6 Å². The van der Waals surface area contributed by atoms with Crippen molar-refractivity contribution in [3.63, 3.8) is 0 Å². The highest BCUT2D eigenvalue weighted by Gasteiger charge is 2.15. The van der Waals surface area contributed by atoms with Crippen molar-refractivity contribution in [1.29, 1.82) is 0 Å². The summed E-state index contributed by atoms with van der Waals surface area (Å²) in [4.78, 5) is 0. The molecule has 1 fully saturated rings. The van der Waals surface area contributed by atoms with Crippen LogP contribution in [0.15, 0.2) is 0 Å². The van der Waals surface area contributed by atoms with Crippen LogP contribution in [-0.2, 0) is 18.3 Å². The molecule has 96 valence electrons. The number of rotatable bonds is 4. The molecule has 0 aliphatic carbocycles. The van der Waals surface area contributed by atoms with Gasteiger partial charge in [-0.2, -0.15) is 5.10 Å². The number of nitrogens with one attached hydrogen (secondary N) is 1. The summed E-state index contributed by atoms with van der Waals surface area (Å²) in [6, 6.07) is 0. The highest BCUT2D eigenvalue weighted by molar-refractivity contribution is 6.30. The Morgan fingerprint density at radius 2 is 2.18 bits per heavy atom. The van der Waals surface area contributed by atoms with E-state index in [1.165, 1.54) is 0 Å². The summed E-state index contributed by atoms with van der Waals surface area (Å²) < 4.78 is 7.07. The quantitative estimate of drug-likeness (QED) is 0.896. The Morgan fingerprint density at radius 1 is 1.47 bits per heavy atom. The number of aromatic nitrogens is 2. The maximum Gasteiger partial charge on any atom is 0.131 e. The van der Waals surface area contributed by atoms with Crippen LogP contribution in [0, 0.1) is 12.8 Å². The molecule has 0 bridgehead atoms. The molecule has 0 aromatic carbocycles.